The molecule has 0 saturated heterocycles. The van der Waals surface area contributed by atoms with Gasteiger partial charge in [0.05, 0.1) is 5.56 Å². The molecule has 3 aromatic rings. The Balaban J connectivity index is 1.67. The number of hydrogen-bond acceptors (Lipinski definition) is 4. The SMILES string of the molecule is CN1C(=O)c2cc(NC(=O)c3ccccc3)ccc2Oc2ncccc21. The molecule has 1 aromatic heterocycles. The molecule has 0 atom stereocenters. The van der Waals surface area contributed by atoms with Crippen molar-refractivity contribution in [3.63, 3.8) is 0 Å². The fourth-order valence-electron chi connectivity index (χ4n) is 2.77. The van der Waals surface area contributed by atoms with Crippen molar-refractivity contribution in [1.82, 2.24) is 4.98 Å². The van der Waals surface area contributed by atoms with E-state index >= 15 is 0 Å². The molecule has 6 heteroatoms. The first kappa shape index (κ1) is 15.8. The summed E-state index contributed by atoms with van der Waals surface area (Å²) >= 11 is 0. The highest BCUT2D eigenvalue weighted by Gasteiger charge is 2.26. The molecule has 0 bridgehead atoms. The van der Waals surface area contributed by atoms with Crippen molar-refractivity contribution in [2.75, 3.05) is 17.3 Å². The summed E-state index contributed by atoms with van der Waals surface area (Å²) in [5, 5.41) is 2.80. The molecule has 0 radical (unpaired) electrons. The number of nitrogens with zero attached hydrogens (tertiary/aromatic N) is 2. The second-order valence-corrected chi connectivity index (χ2v) is 5.83. The Hall–Kier alpha value is -3.67. The number of rotatable bonds is 2. The lowest BCUT2D eigenvalue weighted by Gasteiger charge is -2.15. The lowest BCUT2D eigenvalue weighted by molar-refractivity contribution is 0.0990. The molecule has 26 heavy (non-hydrogen) atoms. The van der Waals surface area contributed by atoms with E-state index < -0.39 is 0 Å². The summed E-state index contributed by atoms with van der Waals surface area (Å²) < 4.78 is 5.80. The van der Waals surface area contributed by atoms with E-state index in [0.717, 1.165) is 0 Å². The molecule has 1 N–H and O–H groups in total. The minimum atomic E-state index is -0.245. The Labute approximate surface area is 150 Å². The largest absolute Gasteiger partial charge is 0.436 e. The van der Waals surface area contributed by atoms with Crippen LogP contribution < -0.4 is 15.0 Å². The number of amides is 2. The van der Waals surface area contributed by atoms with Crippen LogP contribution in [0.1, 0.15) is 20.7 Å². The number of hydrogen-bond donors (Lipinski definition) is 1. The first-order chi connectivity index (χ1) is 12.6. The van der Waals surface area contributed by atoms with Crippen molar-refractivity contribution in [1.29, 1.82) is 0 Å². The number of carbonyl (C=O) groups excluding carboxylic acids is 2. The van der Waals surface area contributed by atoms with Crippen molar-refractivity contribution in [2.24, 2.45) is 0 Å². The van der Waals surface area contributed by atoms with Gasteiger partial charge in [-0.15, -0.1) is 0 Å². The minimum absolute atomic E-state index is 0.234. The van der Waals surface area contributed by atoms with Crippen molar-refractivity contribution in [3.05, 3.63) is 78.0 Å². The summed E-state index contributed by atoms with van der Waals surface area (Å²) in [5.41, 5.74) is 2.00. The van der Waals surface area contributed by atoms with Crippen LogP contribution in [-0.2, 0) is 0 Å². The molecule has 128 valence electrons. The molecule has 0 unspecified atom stereocenters. The van der Waals surface area contributed by atoms with Crippen molar-refractivity contribution >= 4 is 23.2 Å². The van der Waals surface area contributed by atoms with E-state index in [1.165, 1.54) is 4.90 Å². The average molecular weight is 345 g/mol. The molecule has 1 aliphatic rings. The Kier molecular flexibility index (Phi) is 3.85. The number of aromatic nitrogens is 1. The van der Waals surface area contributed by atoms with Gasteiger partial charge in [-0.1, -0.05) is 18.2 Å². The van der Waals surface area contributed by atoms with Gasteiger partial charge in [0, 0.05) is 24.5 Å². The second-order valence-electron chi connectivity index (χ2n) is 5.83. The number of carbonyl (C=O) groups is 2. The van der Waals surface area contributed by atoms with Gasteiger partial charge in [0.1, 0.15) is 11.4 Å². The van der Waals surface area contributed by atoms with Gasteiger partial charge >= 0.3 is 0 Å². The maximum absolute atomic E-state index is 12.8. The first-order valence-corrected chi connectivity index (χ1v) is 8.05. The van der Waals surface area contributed by atoms with Crippen molar-refractivity contribution < 1.29 is 14.3 Å². The average Bonchev–Trinajstić information content (AvgIpc) is 2.78. The monoisotopic (exact) mass is 345 g/mol. The zero-order valence-electron chi connectivity index (χ0n) is 14.0. The summed E-state index contributed by atoms with van der Waals surface area (Å²) in [6.45, 7) is 0. The van der Waals surface area contributed by atoms with Crippen LogP contribution in [0.4, 0.5) is 11.4 Å². The molecule has 2 amide bonds. The first-order valence-electron chi connectivity index (χ1n) is 8.05. The third-order valence-corrected chi connectivity index (χ3v) is 4.13. The summed E-state index contributed by atoms with van der Waals surface area (Å²) in [6.07, 6.45) is 1.61. The molecule has 2 heterocycles. The van der Waals surface area contributed by atoms with Crippen LogP contribution in [0.5, 0.6) is 11.6 Å². The number of ether oxygens (including phenoxy) is 1. The van der Waals surface area contributed by atoms with Crippen LogP contribution in [0.15, 0.2) is 66.9 Å². The third kappa shape index (κ3) is 2.77. The number of nitrogens with one attached hydrogen (secondary N) is 1. The van der Waals surface area contributed by atoms with E-state index in [0.29, 0.717) is 34.1 Å². The van der Waals surface area contributed by atoms with E-state index in [1.807, 2.05) is 6.07 Å². The number of benzene rings is 2. The zero-order chi connectivity index (χ0) is 18.1. The number of fused-ring (bicyclic) bond motifs is 2. The topological polar surface area (TPSA) is 71.5 Å². The van der Waals surface area contributed by atoms with E-state index in [9.17, 15) is 9.59 Å². The highest BCUT2D eigenvalue weighted by Crippen LogP contribution is 2.37. The van der Waals surface area contributed by atoms with Gasteiger partial charge < -0.3 is 15.0 Å². The zero-order valence-corrected chi connectivity index (χ0v) is 14.0. The highest BCUT2D eigenvalue weighted by atomic mass is 16.5. The Morgan fingerprint density at radius 2 is 1.88 bits per heavy atom. The summed E-state index contributed by atoms with van der Waals surface area (Å²) in [7, 11) is 1.66. The quantitative estimate of drug-likeness (QED) is 0.768. The number of anilines is 2. The van der Waals surface area contributed by atoms with Crippen LogP contribution in [0.25, 0.3) is 0 Å². The third-order valence-electron chi connectivity index (χ3n) is 4.13. The molecule has 0 spiro atoms. The molecule has 4 rings (SSSR count). The van der Waals surface area contributed by atoms with Gasteiger partial charge in [-0.3, -0.25) is 9.59 Å². The van der Waals surface area contributed by atoms with Crippen LogP contribution in [0, 0.1) is 0 Å². The van der Waals surface area contributed by atoms with Gasteiger partial charge in [0.15, 0.2) is 0 Å². The van der Waals surface area contributed by atoms with Crippen molar-refractivity contribution in [2.45, 2.75) is 0 Å². The van der Waals surface area contributed by atoms with Gasteiger partial charge in [0.25, 0.3) is 11.8 Å². The minimum Gasteiger partial charge on any atom is -0.436 e. The molecule has 0 fully saturated rings. The fraction of sp³-hybridized carbons (Fsp3) is 0.0500. The summed E-state index contributed by atoms with van der Waals surface area (Å²) in [5.74, 6) is 0.286. The number of pyridine rings is 1. The van der Waals surface area contributed by atoms with Crippen LogP contribution in [0.2, 0.25) is 0 Å². The van der Waals surface area contributed by atoms with Gasteiger partial charge in [-0.05, 0) is 42.5 Å². The van der Waals surface area contributed by atoms with Crippen LogP contribution in [-0.4, -0.2) is 23.8 Å². The lowest BCUT2D eigenvalue weighted by atomic mass is 10.1. The van der Waals surface area contributed by atoms with Crippen LogP contribution in [0.3, 0.4) is 0 Å². The Morgan fingerprint density at radius 3 is 2.69 bits per heavy atom. The van der Waals surface area contributed by atoms with Gasteiger partial charge in [-0.25, -0.2) is 4.98 Å². The van der Waals surface area contributed by atoms with Gasteiger partial charge in [0.2, 0.25) is 5.88 Å². The lowest BCUT2D eigenvalue weighted by Crippen LogP contribution is -2.25. The standard InChI is InChI=1S/C20H15N3O3/c1-23-16-8-5-11-21-19(16)26-17-10-9-14(12-15(17)20(23)25)22-18(24)13-6-3-2-4-7-13/h2-12H,1H3,(H,22,24). The summed E-state index contributed by atoms with van der Waals surface area (Å²) in [6, 6.07) is 17.4. The molecule has 1 aliphatic heterocycles. The molecular formula is C20H15N3O3. The van der Waals surface area contributed by atoms with E-state index in [2.05, 4.69) is 10.3 Å². The molecule has 0 aliphatic carbocycles. The predicted molar refractivity (Wildman–Crippen MR) is 97.9 cm³/mol. The molecule has 0 saturated carbocycles. The highest BCUT2D eigenvalue weighted by molar-refractivity contribution is 6.10. The second kappa shape index (κ2) is 6.33. The maximum atomic E-state index is 12.8. The predicted octanol–water partition coefficient (Wildman–Crippen LogP) is 3.72. The van der Waals surface area contributed by atoms with E-state index in [4.69, 9.17) is 4.74 Å². The summed E-state index contributed by atoms with van der Waals surface area (Å²) in [4.78, 5) is 30.8. The molecular weight excluding hydrogens is 330 g/mol. The van der Waals surface area contributed by atoms with Gasteiger partial charge in [-0.2, -0.15) is 0 Å². The normalized spacial score (nSPS) is 12.5. The van der Waals surface area contributed by atoms with Crippen molar-refractivity contribution in [3.8, 4) is 11.6 Å². The molecule has 6 nitrogen and oxygen atoms in total. The van der Waals surface area contributed by atoms with E-state index in [-0.39, 0.29) is 11.8 Å². The van der Waals surface area contributed by atoms with E-state index in [1.54, 1.807) is 67.8 Å². The maximum Gasteiger partial charge on any atom is 0.262 e. The van der Waals surface area contributed by atoms with Crippen LogP contribution >= 0.6 is 0 Å². The fourth-order valence-corrected chi connectivity index (χ4v) is 2.77. The Morgan fingerprint density at radius 1 is 1.08 bits per heavy atom. The smallest absolute Gasteiger partial charge is 0.262 e. The molecule has 2 aromatic carbocycles. The Bertz CT molecular complexity index is 1000.